The molecule has 6 heteroatoms. The first-order chi connectivity index (χ1) is 15.6. The van der Waals surface area contributed by atoms with E-state index in [1.165, 1.54) is 44.5 Å². The number of nitrogens with zero attached hydrogens (tertiary/aromatic N) is 5. The molecule has 4 heterocycles. The van der Waals surface area contributed by atoms with Crippen LogP contribution in [0.25, 0.3) is 22.6 Å². The Morgan fingerprint density at radius 2 is 1.72 bits per heavy atom. The molecule has 2 saturated heterocycles. The number of para-hydroxylation sites is 1. The number of hydrogen-bond donors (Lipinski definition) is 1. The Bertz CT molecular complexity index is 1050. The van der Waals surface area contributed by atoms with Gasteiger partial charge in [0.1, 0.15) is 11.5 Å². The molecule has 0 bridgehead atoms. The molecule has 32 heavy (non-hydrogen) atoms. The molecule has 6 nitrogen and oxygen atoms in total. The molecule has 5 rings (SSSR count). The number of benzene rings is 1. The van der Waals surface area contributed by atoms with E-state index in [9.17, 15) is 0 Å². The van der Waals surface area contributed by atoms with Crippen LogP contribution in [0.4, 0.5) is 5.82 Å². The highest BCUT2D eigenvalue weighted by Crippen LogP contribution is 2.25. The van der Waals surface area contributed by atoms with Crippen LogP contribution >= 0.6 is 0 Å². The summed E-state index contributed by atoms with van der Waals surface area (Å²) in [6.07, 6.45) is 3.80. The Morgan fingerprint density at radius 3 is 2.50 bits per heavy atom. The fourth-order valence-electron chi connectivity index (χ4n) is 5.33. The van der Waals surface area contributed by atoms with Gasteiger partial charge in [-0.05, 0) is 76.9 Å². The van der Waals surface area contributed by atoms with Crippen molar-refractivity contribution in [2.75, 3.05) is 44.2 Å². The first kappa shape index (κ1) is 21.4. The van der Waals surface area contributed by atoms with Crippen molar-refractivity contribution in [3.8, 4) is 11.5 Å². The highest BCUT2D eigenvalue weighted by molar-refractivity contribution is 5.81. The van der Waals surface area contributed by atoms with Gasteiger partial charge in [0.05, 0.1) is 11.0 Å². The zero-order valence-corrected chi connectivity index (χ0v) is 19.7. The largest absolute Gasteiger partial charge is 0.355 e. The summed E-state index contributed by atoms with van der Waals surface area (Å²) in [6.45, 7) is 13.7. The molecule has 1 aromatic carbocycles. The van der Waals surface area contributed by atoms with E-state index in [0.29, 0.717) is 6.04 Å². The van der Waals surface area contributed by atoms with Crippen molar-refractivity contribution < 1.29 is 0 Å². The Hall–Kier alpha value is -2.44. The van der Waals surface area contributed by atoms with Gasteiger partial charge in [0, 0.05) is 38.3 Å². The van der Waals surface area contributed by atoms with E-state index in [1.807, 2.05) is 0 Å². The van der Waals surface area contributed by atoms with Gasteiger partial charge in [0.2, 0.25) is 0 Å². The average molecular weight is 433 g/mol. The SMILES string of the molecule is Cc1cccc2[nH]c(-c3cccc(N4CCCN(C5CCN(C(C)C)CC5)CC4)n3)nc12. The Balaban J connectivity index is 1.27. The Kier molecular flexibility index (Phi) is 6.15. The smallest absolute Gasteiger partial charge is 0.157 e. The highest BCUT2D eigenvalue weighted by atomic mass is 15.3. The average Bonchev–Trinajstić information content (AvgIpc) is 3.11. The zero-order valence-electron chi connectivity index (χ0n) is 19.7. The lowest BCUT2D eigenvalue weighted by Gasteiger charge is -2.39. The van der Waals surface area contributed by atoms with Crippen molar-refractivity contribution in [1.29, 1.82) is 0 Å². The van der Waals surface area contributed by atoms with E-state index in [4.69, 9.17) is 9.97 Å². The molecule has 0 radical (unpaired) electrons. The molecule has 3 aromatic rings. The maximum absolute atomic E-state index is 5.01. The maximum atomic E-state index is 5.01. The van der Waals surface area contributed by atoms with Crippen molar-refractivity contribution in [2.45, 2.75) is 52.1 Å². The minimum Gasteiger partial charge on any atom is -0.355 e. The fourth-order valence-corrected chi connectivity index (χ4v) is 5.33. The summed E-state index contributed by atoms with van der Waals surface area (Å²) >= 11 is 0. The number of fused-ring (bicyclic) bond motifs is 1. The summed E-state index contributed by atoms with van der Waals surface area (Å²) in [5, 5.41) is 0. The van der Waals surface area contributed by atoms with E-state index in [-0.39, 0.29) is 0 Å². The van der Waals surface area contributed by atoms with Gasteiger partial charge in [-0.25, -0.2) is 9.97 Å². The van der Waals surface area contributed by atoms with Crippen molar-refractivity contribution in [1.82, 2.24) is 24.8 Å². The fraction of sp³-hybridized carbons (Fsp3) is 0.538. The van der Waals surface area contributed by atoms with E-state index >= 15 is 0 Å². The van der Waals surface area contributed by atoms with Crippen LogP contribution in [0.3, 0.4) is 0 Å². The second-order valence-corrected chi connectivity index (χ2v) is 9.67. The third-order valence-electron chi connectivity index (χ3n) is 7.29. The van der Waals surface area contributed by atoms with Crippen LogP contribution < -0.4 is 4.90 Å². The third-order valence-corrected chi connectivity index (χ3v) is 7.29. The quantitative estimate of drug-likeness (QED) is 0.665. The van der Waals surface area contributed by atoms with Crippen molar-refractivity contribution in [3.63, 3.8) is 0 Å². The maximum Gasteiger partial charge on any atom is 0.157 e. The minimum absolute atomic E-state index is 0.671. The lowest BCUT2D eigenvalue weighted by atomic mass is 10.0. The van der Waals surface area contributed by atoms with Gasteiger partial charge < -0.3 is 14.8 Å². The number of anilines is 1. The van der Waals surface area contributed by atoms with E-state index in [0.717, 1.165) is 54.0 Å². The molecule has 2 aliphatic rings. The molecular formula is C26H36N6. The zero-order chi connectivity index (χ0) is 22.1. The molecule has 0 aliphatic carbocycles. The number of likely N-dealkylation sites (tertiary alicyclic amines) is 1. The van der Waals surface area contributed by atoms with Crippen LogP contribution in [0, 0.1) is 6.92 Å². The highest BCUT2D eigenvalue weighted by Gasteiger charge is 2.27. The predicted octanol–water partition coefficient (Wildman–Crippen LogP) is 4.32. The second kappa shape index (κ2) is 9.20. The summed E-state index contributed by atoms with van der Waals surface area (Å²) in [5.41, 5.74) is 4.21. The normalized spacial score (nSPS) is 19.7. The van der Waals surface area contributed by atoms with Gasteiger partial charge in [-0.1, -0.05) is 18.2 Å². The summed E-state index contributed by atoms with van der Waals surface area (Å²) in [7, 11) is 0. The van der Waals surface area contributed by atoms with Gasteiger partial charge in [0.25, 0.3) is 0 Å². The number of aromatic amines is 1. The Labute approximate surface area is 191 Å². The molecule has 0 unspecified atom stereocenters. The van der Waals surface area contributed by atoms with E-state index < -0.39 is 0 Å². The number of H-pyrrole nitrogens is 1. The third kappa shape index (κ3) is 4.39. The lowest BCUT2D eigenvalue weighted by molar-refractivity contribution is 0.0965. The van der Waals surface area contributed by atoms with Crippen molar-refractivity contribution >= 4 is 16.9 Å². The molecular weight excluding hydrogens is 396 g/mol. The number of pyridine rings is 1. The minimum atomic E-state index is 0.671. The topological polar surface area (TPSA) is 51.3 Å². The molecule has 2 aromatic heterocycles. The van der Waals surface area contributed by atoms with Crippen LogP contribution in [-0.4, -0.2) is 76.1 Å². The van der Waals surface area contributed by atoms with Gasteiger partial charge in [-0.2, -0.15) is 0 Å². The number of rotatable bonds is 4. The standard InChI is InChI=1S/C26H36N6/c1-19(2)30-15-11-21(12-16-30)31-13-6-14-32(18-17-31)24-10-5-9-23(27-24)26-28-22-8-4-7-20(3)25(22)29-26/h4-5,7-10,19,21H,6,11-18H2,1-3H3,(H,28,29). The van der Waals surface area contributed by atoms with Gasteiger partial charge in [0.15, 0.2) is 5.82 Å². The van der Waals surface area contributed by atoms with Crippen molar-refractivity contribution in [3.05, 3.63) is 42.0 Å². The van der Waals surface area contributed by atoms with Crippen molar-refractivity contribution in [2.24, 2.45) is 0 Å². The Morgan fingerprint density at radius 1 is 0.906 bits per heavy atom. The molecule has 0 saturated carbocycles. The lowest BCUT2D eigenvalue weighted by Crippen LogP contribution is -2.47. The predicted molar refractivity (Wildman–Crippen MR) is 132 cm³/mol. The first-order valence-corrected chi connectivity index (χ1v) is 12.2. The molecule has 0 amide bonds. The number of aryl methyl sites for hydroxylation is 1. The van der Waals surface area contributed by atoms with Crippen LogP contribution in [0.2, 0.25) is 0 Å². The van der Waals surface area contributed by atoms with Gasteiger partial charge in [-0.3, -0.25) is 4.90 Å². The van der Waals surface area contributed by atoms with Crippen LogP contribution in [-0.2, 0) is 0 Å². The molecule has 1 N–H and O–H groups in total. The number of aromatic nitrogens is 3. The van der Waals surface area contributed by atoms with E-state index in [2.05, 4.69) is 76.9 Å². The van der Waals surface area contributed by atoms with Crippen LogP contribution in [0.15, 0.2) is 36.4 Å². The van der Waals surface area contributed by atoms with E-state index in [1.54, 1.807) is 0 Å². The second-order valence-electron chi connectivity index (χ2n) is 9.67. The summed E-state index contributed by atoms with van der Waals surface area (Å²) in [5.74, 6) is 1.92. The molecule has 170 valence electrons. The van der Waals surface area contributed by atoms with Crippen LogP contribution in [0.5, 0.6) is 0 Å². The summed E-state index contributed by atoms with van der Waals surface area (Å²) < 4.78 is 0. The molecule has 2 fully saturated rings. The number of imidazole rings is 1. The number of nitrogens with one attached hydrogen (secondary N) is 1. The number of hydrogen-bond acceptors (Lipinski definition) is 5. The molecule has 0 atom stereocenters. The van der Waals surface area contributed by atoms with Gasteiger partial charge >= 0.3 is 0 Å². The van der Waals surface area contributed by atoms with Crippen LogP contribution in [0.1, 0.15) is 38.7 Å². The number of piperidine rings is 1. The first-order valence-electron chi connectivity index (χ1n) is 12.2. The van der Waals surface area contributed by atoms with Gasteiger partial charge in [-0.15, -0.1) is 0 Å². The summed E-state index contributed by atoms with van der Waals surface area (Å²) in [6, 6.07) is 14.0. The molecule has 2 aliphatic heterocycles. The molecule has 0 spiro atoms. The summed E-state index contributed by atoms with van der Waals surface area (Å²) in [4.78, 5) is 21.1. The monoisotopic (exact) mass is 432 g/mol.